The first-order chi connectivity index (χ1) is 13.9. The Kier molecular flexibility index (Phi) is 5.36. The fraction of sp³-hybridized carbons (Fsp3) is 0.333. The van der Waals surface area contributed by atoms with Crippen LogP contribution >= 0.6 is 0 Å². The molecule has 29 heavy (non-hydrogen) atoms. The lowest BCUT2D eigenvalue weighted by molar-refractivity contribution is 0.130. The van der Waals surface area contributed by atoms with Crippen LogP contribution in [0.25, 0.3) is 0 Å². The topological polar surface area (TPSA) is 18.5 Å². The van der Waals surface area contributed by atoms with Gasteiger partial charge in [-0.3, -0.25) is 0 Å². The lowest BCUT2D eigenvalue weighted by Crippen LogP contribution is -2.24. The van der Waals surface area contributed by atoms with Crippen LogP contribution in [0.4, 0.5) is 0 Å². The van der Waals surface area contributed by atoms with E-state index in [0.717, 1.165) is 24.3 Å². The molecule has 0 aromatic heterocycles. The standard InChI is InChI=1S/C27H30O2/c1-27(2,3)29-23-15-17-25-21(18-23)12-16-24(19-8-6-5-7-9-19)26(25)20-10-13-22(28-4)14-11-20/h5-11,13-15,17-18,24,26H,12,16H2,1-4H3. The molecule has 0 saturated carbocycles. The third-order valence-electron chi connectivity index (χ3n) is 5.70. The van der Waals surface area contributed by atoms with E-state index < -0.39 is 0 Å². The van der Waals surface area contributed by atoms with Gasteiger partial charge in [0.05, 0.1) is 7.11 Å². The van der Waals surface area contributed by atoms with Crippen molar-refractivity contribution in [1.82, 2.24) is 0 Å². The molecule has 0 radical (unpaired) electrons. The van der Waals surface area contributed by atoms with Crippen LogP contribution in [0.2, 0.25) is 0 Å². The van der Waals surface area contributed by atoms with Crippen LogP contribution in [0.1, 0.15) is 61.3 Å². The van der Waals surface area contributed by atoms with E-state index in [1.54, 1.807) is 7.11 Å². The zero-order valence-corrected chi connectivity index (χ0v) is 17.8. The zero-order valence-electron chi connectivity index (χ0n) is 17.8. The Balaban J connectivity index is 1.77. The Labute approximate surface area is 174 Å². The molecule has 3 aromatic carbocycles. The van der Waals surface area contributed by atoms with Crippen molar-refractivity contribution in [1.29, 1.82) is 0 Å². The van der Waals surface area contributed by atoms with E-state index in [0.29, 0.717) is 11.8 Å². The maximum atomic E-state index is 6.13. The molecule has 4 rings (SSSR count). The summed E-state index contributed by atoms with van der Waals surface area (Å²) in [5.74, 6) is 2.65. The minimum atomic E-state index is -0.190. The smallest absolute Gasteiger partial charge is 0.120 e. The summed E-state index contributed by atoms with van der Waals surface area (Å²) in [5, 5.41) is 0. The van der Waals surface area contributed by atoms with Gasteiger partial charge >= 0.3 is 0 Å². The number of fused-ring (bicyclic) bond motifs is 1. The molecule has 2 atom stereocenters. The molecule has 2 heteroatoms. The van der Waals surface area contributed by atoms with Gasteiger partial charge in [0.15, 0.2) is 0 Å². The molecular formula is C27H30O2. The van der Waals surface area contributed by atoms with E-state index in [-0.39, 0.29) is 5.60 Å². The van der Waals surface area contributed by atoms with Gasteiger partial charge < -0.3 is 9.47 Å². The molecule has 0 N–H and O–H groups in total. The van der Waals surface area contributed by atoms with Crippen LogP contribution < -0.4 is 9.47 Å². The number of ether oxygens (including phenoxy) is 2. The zero-order chi connectivity index (χ0) is 20.4. The fourth-order valence-corrected chi connectivity index (χ4v) is 4.50. The molecular weight excluding hydrogens is 356 g/mol. The second kappa shape index (κ2) is 7.94. The van der Waals surface area contributed by atoms with Gasteiger partial charge in [0.25, 0.3) is 0 Å². The SMILES string of the molecule is COc1ccc(C2c3ccc(OC(C)(C)C)cc3CCC2c2ccccc2)cc1. The number of aryl methyl sites for hydroxylation is 1. The Morgan fingerprint density at radius 1 is 0.793 bits per heavy atom. The van der Waals surface area contributed by atoms with Crippen molar-refractivity contribution in [2.24, 2.45) is 0 Å². The highest BCUT2D eigenvalue weighted by Gasteiger charge is 2.32. The molecule has 2 nitrogen and oxygen atoms in total. The molecule has 150 valence electrons. The Bertz CT molecular complexity index is 952. The summed E-state index contributed by atoms with van der Waals surface area (Å²) in [7, 11) is 1.72. The van der Waals surface area contributed by atoms with E-state index in [9.17, 15) is 0 Å². The molecule has 2 unspecified atom stereocenters. The van der Waals surface area contributed by atoms with Crippen LogP contribution in [0, 0.1) is 0 Å². The molecule has 0 bridgehead atoms. The molecule has 3 aromatic rings. The Morgan fingerprint density at radius 2 is 1.48 bits per heavy atom. The van der Waals surface area contributed by atoms with Gasteiger partial charge in [-0.25, -0.2) is 0 Å². The van der Waals surface area contributed by atoms with Gasteiger partial charge in [0, 0.05) is 5.92 Å². The van der Waals surface area contributed by atoms with E-state index in [2.05, 4.69) is 93.6 Å². The highest BCUT2D eigenvalue weighted by molar-refractivity contribution is 5.48. The number of hydrogen-bond acceptors (Lipinski definition) is 2. The van der Waals surface area contributed by atoms with Crippen molar-refractivity contribution in [2.45, 2.75) is 51.0 Å². The van der Waals surface area contributed by atoms with Crippen molar-refractivity contribution in [3.05, 3.63) is 95.1 Å². The second-order valence-electron chi connectivity index (χ2n) is 8.88. The normalized spacial score (nSPS) is 18.8. The van der Waals surface area contributed by atoms with Gasteiger partial charge in [-0.2, -0.15) is 0 Å². The van der Waals surface area contributed by atoms with Gasteiger partial charge in [0.1, 0.15) is 17.1 Å². The van der Waals surface area contributed by atoms with Crippen molar-refractivity contribution < 1.29 is 9.47 Å². The van der Waals surface area contributed by atoms with Crippen LogP contribution in [0.5, 0.6) is 11.5 Å². The predicted octanol–water partition coefficient (Wildman–Crippen LogP) is 6.73. The number of rotatable bonds is 4. The summed E-state index contributed by atoms with van der Waals surface area (Å²) >= 11 is 0. The lowest BCUT2D eigenvalue weighted by atomic mass is 9.69. The van der Waals surface area contributed by atoms with E-state index in [1.807, 2.05) is 0 Å². The largest absolute Gasteiger partial charge is 0.497 e. The number of methoxy groups -OCH3 is 1. The molecule has 0 heterocycles. The highest BCUT2D eigenvalue weighted by Crippen LogP contribution is 2.47. The van der Waals surface area contributed by atoms with Crippen LogP contribution in [0.3, 0.4) is 0 Å². The van der Waals surface area contributed by atoms with Crippen LogP contribution in [-0.2, 0) is 6.42 Å². The first-order valence-corrected chi connectivity index (χ1v) is 10.5. The van der Waals surface area contributed by atoms with Gasteiger partial charge in [-0.15, -0.1) is 0 Å². The molecule has 0 fully saturated rings. The number of hydrogen-bond donors (Lipinski definition) is 0. The summed E-state index contributed by atoms with van der Waals surface area (Å²) < 4.78 is 11.5. The summed E-state index contributed by atoms with van der Waals surface area (Å²) in [4.78, 5) is 0. The molecule has 1 aliphatic carbocycles. The number of benzene rings is 3. The summed E-state index contributed by atoms with van der Waals surface area (Å²) in [6.45, 7) is 6.29. The third kappa shape index (κ3) is 4.32. The first-order valence-electron chi connectivity index (χ1n) is 10.5. The third-order valence-corrected chi connectivity index (χ3v) is 5.70. The second-order valence-corrected chi connectivity index (χ2v) is 8.88. The van der Waals surface area contributed by atoms with E-state index >= 15 is 0 Å². The highest BCUT2D eigenvalue weighted by atomic mass is 16.5. The molecule has 1 aliphatic rings. The van der Waals surface area contributed by atoms with Crippen molar-refractivity contribution in [3.8, 4) is 11.5 Å². The van der Waals surface area contributed by atoms with Crippen molar-refractivity contribution in [3.63, 3.8) is 0 Å². The van der Waals surface area contributed by atoms with Crippen LogP contribution in [-0.4, -0.2) is 12.7 Å². The maximum Gasteiger partial charge on any atom is 0.120 e. The minimum Gasteiger partial charge on any atom is -0.497 e. The monoisotopic (exact) mass is 386 g/mol. The van der Waals surface area contributed by atoms with Gasteiger partial charge in [-0.05, 0) is 86.1 Å². The fourth-order valence-electron chi connectivity index (χ4n) is 4.50. The quantitative estimate of drug-likeness (QED) is 0.495. The van der Waals surface area contributed by atoms with Crippen molar-refractivity contribution in [2.75, 3.05) is 7.11 Å². The van der Waals surface area contributed by atoms with Crippen molar-refractivity contribution >= 4 is 0 Å². The van der Waals surface area contributed by atoms with E-state index in [4.69, 9.17) is 9.47 Å². The molecule has 0 saturated heterocycles. The Morgan fingerprint density at radius 3 is 2.14 bits per heavy atom. The van der Waals surface area contributed by atoms with Crippen LogP contribution in [0.15, 0.2) is 72.8 Å². The first kappa shape index (κ1) is 19.6. The average molecular weight is 387 g/mol. The predicted molar refractivity (Wildman–Crippen MR) is 119 cm³/mol. The molecule has 0 aliphatic heterocycles. The Hall–Kier alpha value is -2.74. The maximum absolute atomic E-state index is 6.13. The lowest BCUT2D eigenvalue weighted by Gasteiger charge is -2.35. The van der Waals surface area contributed by atoms with Gasteiger partial charge in [-0.1, -0.05) is 48.5 Å². The minimum absolute atomic E-state index is 0.190. The summed E-state index contributed by atoms with van der Waals surface area (Å²) in [6, 6.07) is 26.2. The van der Waals surface area contributed by atoms with E-state index in [1.165, 1.54) is 22.3 Å². The summed E-state index contributed by atoms with van der Waals surface area (Å²) in [5.41, 5.74) is 5.38. The molecule has 0 amide bonds. The summed E-state index contributed by atoms with van der Waals surface area (Å²) in [6.07, 6.45) is 2.20. The molecule has 0 spiro atoms. The van der Waals surface area contributed by atoms with Gasteiger partial charge in [0.2, 0.25) is 0 Å². The average Bonchev–Trinajstić information content (AvgIpc) is 2.72.